The van der Waals surface area contributed by atoms with Gasteiger partial charge in [-0.1, -0.05) is 0 Å². The van der Waals surface area contributed by atoms with Crippen LogP contribution in [-0.2, 0) is 6.42 Å². The van der Waals surface area contributed by atoms with Crippen LogP contribution in [0.15, 0.2) is 24.4 Å². The Morgan fingerprint density at radius 2 is 2.08 bits per heavy atom. The molecule has 2 amide bonds. The van der Waals surface area contributed by atoms with E-state index in [9.17, 15) is 13.6 Å². The van der Waals surface area contributed by atoms with Crippen LogP contribution in [0.3, 0.4) is 0 Å². The summed E-state index contributed by atoms with van der Waals surface area (Å²) in [6, 6.07) is 3.53. The highest BCUT2D eigenvalue weighted by molar-refractivity contribution is 5.88. The summed E-state index contributed by atoms with van der Waals surface area (Å²) in [6.07, 6.45) is 5.75. The molecule has 2 N–H and O–H groups in total. The molecule has 1 saturated carbocycles. The second-order valence-corrected chi connectivity index (χ2v) is 6.39. The lowest BCUT2D eigenvalue weighted by atomic mass is 9.87. The molecule has 4 rings (SSSR count). The van der Waals surface area contributed by atoms with E-state index in [4.69, 9.17) is 0 Å². The van der Waals surface area contributed by atoms with E-state index < -0.39 is 17.7 Å². The van der Waals surface area contributed by atoms with Gasteiger partial charge in [0.2, 0.25) is 0 Å². The van der Waals surface area contributed by atoms with Gasteiger partial charge in [-0.2, -0.15) is 5.10 Å². The van der Waals surface area contributed by atoms with E-state index >= 15 is 0 Å². The second-order valence-electron chi connectivity index (χ2n) is 6.39. The van der Waals surface area contributed by atoms with Gasteiger partial charge in [-0.3, -0.25) is 5.32 Å². The highest BCUT2D eigenvalue weighted by Gasteiger charge is 2.28. The minimum Gasteiger partial charge on any atom is -0.331 e. The van der Waals surface area contributed by atoms with Crippen LogP contribution in [0.4, 0.5) is 19.4 Å². The third kappa shape index (κ3) is 2.86. The van der Waals surface area contributed by atoms with Crippen LogP contribution in [0.2, 0.25) is 0 Å². The number of amides is 2. The largest absolute Gasteiger partial charge is 0.331 e. The summed E-state index contributed by atoms with van der Waals surface area (Å²) < 4.78 is 29.3. The maximum atomic E-state index is 13.9. The monoisotopic (exact) mass is 332 g/mol. The molecule has 0 spiro atoms. The summed E-state index contributed by atoms with van der Waals surface area (Å²) in [4.78, 5) is 12.3. The van der Waals surface area contributed by atoms with Gasteiger partial charge in [0.25, 0.3) is 0 Å². The lowest BCUT2D eigenvalue weighted by Crippen LogP contribution is -2.35. The third-order valence-corrected chi connectivity index (χ3v) is 4.60. The van der Waals surface area contributed by atoms with Crippen molar-refractivity contribution in [2.45, 2.75) is 44.2 Å². The molecule has 0 saturated heterocycles. The molecule has 2 aliphatic rings. The Balaban J connectivity index is 1.50. The molecule has 24 heavy (non-hydrogen) atoms. The smallest absolute Gasteiger partial charge is 0.320 e. The Hall–Kier alpha value is -2.44. The number of halogens is 2. The predicted octanol–water partition coefficient (Wildman–Crippen LogP) is 3.70. The zero-order chi connectivity index (χ0) is 16.7. The first-order chi connectivity index (χ1) is 11.6. The Bertz CT molecular complexity index is 785. The van der Waals surface area contributed by atoms with Gasteiger partial charge in [0, 0.05) is 12.1 Å². The number of rotatable bonds is 3. The summed E-state index contributed by atoms with van der Waals surface area (Å²) in [5.74, 6) is -0.521. The fourth-order valence-electron chi connectivity index (χ4n) is 3.32. The van der Waals surface area contributed by atoms with Crippen molar-refractivity contribution < 1.29 is 13.6 Å². The van der Waals surface area contributed by atoms with E-state index in [1.54, 1.807) is 16.9 Å². The molecule has 1 heterocycles. The van der Waals surface area contributed by atoms with Crippen LogP contribution in [0.25, 0.3) is 0 Å². The zero-order valence-electron chi connectivity index (χ0n) is 13.1. The number of nitrogens with zero attached hydrogens (tertiary/aromatic N) is 2. The molecule has 7 heteroatoms. The average Bonchev–Trinajstić information content (AvgIpc) is 3.28. The highest BCUT2D eigenvalue weighted by Crippen LogP contribution is 2.36. The topological polar surface area (TPSA) is 59.0 Å². The van der Waals surface area contributed by atoms with Gasteiger partial charge in [0.15, 0.2) is 0 Å². The molecule has 1 atom stereocenters. The standard InChI is InChI=1S/C17H18F2N4O/c18-10-8-13-12(14(19)9-10)2-1-3-15(13)21-17(24)22-16-6-7-20-23(16)11-4-5-11/h6-9,11,15H,1-5H2,(H2,21,22,24)/t15-/m1/s1. The van der Waals surface area contributed by atoms with Gasteiger partial charge >= 0.3 is 6.03 Å². The van der Waals surface area contributed by atoms with Crippen molar-refractivity contribution in [2.75, 3.05) is 5.32 Å². The highest BCUT2D eigenvalue weighted by atomic mass is 19.1. The Morgan fingerprint density at radius 1 is 1.25 bits per heavy atom. The van der Waals surface area contributed by atoms with Gasteiger partial charge in [-0.25, -0.2) is 18.3 Å². The fourth-order valence-corrected chi connectivity index (χ4v) is 3.32. The number of anilines is 1. The minimum absolute atomic E-state index is 0.355. The maximum absolute atomic E-state index is 13.9. The number of carbonyl (C=O) groups excluding carboxylic acids is 1. The Morgan fingerprint density at radius 3 is 2.88 bits per heavy atom. The molecule has 1 aromatic heterocycles. The van der Waals surface area contributed by atoms with Crippen molar-refractivity contribution >= 4 is 11.8 Å². The maximum Gasteiger partial charge on any atom is 0.320 e. The molecular weight excluding hydrogens is 314 g/mol. The van der Waals surface area contributed by atoms with E-state index in [2.05, 4.69) is 15.7 Å². The Labute approximate surface area is 138 Å². The lowest BCUT2D eigenvalue weighted by molar-refractivity contribution is 0.246. The van der Waals surface area contributed by atoms with Crippen LogP contribution in [-0.4, -0.2) is 15.8 Å². The van der Waals surface area contributed by atoms with Crippen molar-refractivity contribution in [3.05, 3.63) is 47.2 Å². The number of hydrogen-bond donors (Lipinski definition) is 2. The zero-order valence-corrected chi connectivity index (χ0v) is 13.1. The number of urea groups is 1. The predicted molar refractivity (Wildman–Crippen MR) is 84.7 cm³/mol. The molecule has 1 fully saturated rings. The van der Waals surface area contributed by atoms with E-state index in [1.165, 1.54) is 6.07 Å². The second kappa shape index (κ2) is 5.89. The first-order valence-electron chi connectivity index (χ1n) is 8.20. The van der Waals surface area contributed by atoms with Gasteiger partial charge in [-0.05, 0) is 49.3 Å². The molecule has 2 aliphatic carbocycles. The first-order valence-corrected chi connectivity index (χ1v) is 8.20. The summed E-state index contributed by atoms with van der Waals surface area (Å²) in [6.45, 7) is 0. The number of carbonyl (C=O) groups is 1. The van der Waals surface area contributed by atoms with Crippen molar-refractivity contribution in [3.63, 3.8) is 0 Å². The molecule has 0 aliphatic heterocycles. The molecule has 0 unspecified atom stereocenters. The first kappa shape index (κ1) is 15.1. The molecular formula is C17H18F2N4O. The van der Waals surface area contributed by atoms with Crippen molar-refractivity contribution in [2.24, 2.45) is 0 Å². The number of benzene rings is 1. The van der Waals surface area contributed by atoms with Crippen LogP contribution < -0.4 is 10.6 Å². The summed E-state index contributed by atoms with van der Waals surface area (Å²) in [7, 11) is 0. The lowest BCUT2D eigenvalue weighted by Gasteiger charge is -2.27. The summed E-state index contributed by atoms with van der Waals surface area (Å²) >= 11 is 0. The quantitative estimate of drug-likeness (QED) is 0.900. The molecule has 0 bridgehead atoms. The van der Waals surface area contributed by atoms with Gasteiger partial charge in [-0.15, -0.1) is 0 Å². The molecule has 1 aromatic carbocycles. The fraction of sp³-hybridized carbons (Fsp3) is 0.412. The number of hydrogen-bond acceptors (Lipinski definition) is 2. The Kier molecular flexibility index (Phi) is 3.70. The number of nitrogens with one attached hydrogen (secondary N) is 2. The molecule has 5 nitrogen and oxygen atoms in total. The van der Waals surface area contributed by atoms with Crippen LogP contribution in [0, 0.1) is 11.6 Å². The number of aromatic nitrogens is 2. The molecule has 126 valence electrons. The van der Waals surface area contributed by atoms with E-state index in [-0.39, 0.29) is 6.03 Å². The minimum atomic E-state index is -0.618. The van der Waals surface area contributed by atoms with Crippen molar-refractivity contribution in [1.82, 2.24) is 15.1 Å². The van der Waals surface area contributed by atoms with Gasteiger partial charge < -0.3 is 5.32 Å². The van der Waals surface area contributed by atoms with E-state index in [1.807, 2.05) is 0 Å². The van der Waals surface area contributed by atoms with E-state index in [0.717, 1.165) is 25.3 Å². The number of fused-ring (bicyclic) bond motifs is 1. The van der Waals surface area contributed by atoms with E-state index in [0.29, 0.717) is 35.8 Å². The molecule has 2 aromatic rings. The summed E-state index contributed by atoms with van der Waals surface area (Å²) in [5.41, 5.74) is 1.03. The average molecular weight is 332 g/mol. The normalized spacial score (nSPS) is 19.7. The third-order valence-electron chi connectivity index (χ3n) is 4.60. The van der Waals surface area contributed by atoms with Crippen molar-refractivity contribution in [3.8, 4) is 0 Å². The van der Waals surface area contributed by atoms with Crippen LogP contribution >= 0.6 is 0 Å². The summed E-state index contributed by atoms with van der Waals surface area (Å²) in [5, 5.41) is 9.82. The van der Waals surface area contributed by atoms with Crippen LogP contribution in [0.5, 0.6) is 0 Å². The van der Waals surface area contributed by atoms with Gasteiger partial charge in [0.1, 0.15) is 17.5 Å². The SMILES string of the molecule is O=C(Nc1ccnn1C1CC1)N[C@@H]1CCCc2c(F)cc(F)cc21. The molecule has 0 radical (unpaired) electrons. The van der Waals surface area contributed by atoms with Crippen LogP contribution in [0.1, 0.15) is 48.9 Å². The van der Waals surface area contributed by atoms with Gasteiger partial charge in [0.05, 0.1) is 18.3 Å². The van der Waals surface area contributed by atoms with Crippen molar-refractivity contribution in [1.29, 1.82) is 0 Å².